The molecule has 0 aliphatic rings. The summed E-state index contributed by atoms with van der Waals surface area (Å²) in [5.41, 5.74) is 5.67. The Morgan fingerprint density at radius 2 is 2.14 bits per heavy atom. The maximum atomic E-state index is 13.2. The molecule has 0 bridgehead atoms. The van der Waals surface area contributed by atoms with Crippen LogP contribution in [-0.4, -0.2) is 12.0 Å². The second-order valence-corrected chi connectivity index (χ2v) is 3.79. The molecule has 1 nitrogen and oxygen atoms in total. The second-order valence-electron chi connectivity index (χ2n) is 3.36. The first-order valence-electron chi connectivity index (χ1n) is 4.29. The topological polar surface area (TPSA) is 26.0 Å². The van der Waals surface area contributed by atoms with Crippen molar-refractivity contribution in [1.82, 2.24) is 0 Å². The predicted molar refractivity (Wildman–Crippen MR) is 53.8 cm³/mol. The Hall–Kier alpha value is -0.670. The van der Waals surface area contributed by atoms with Crippen molar-refractivity contribution in [2.24, 2.45) is 5.73 Å². The summed E-state index contributed by atoms with van der Waals surface area (Å²) in [5.74, 6) is -2.88. The fourth-order valence-corrected chi connectivity index (χ4v) is 1.29. The van der Waals surface area contributed by atoms with E-state index >= 15 is 0 Å². The highest BCUT2D eigenvalue weighted by molar-refractivity contribution is 6.30. The number of rotatable bonds is 3. The van der Waals surface area contributed by atoms with Gasteiger partial charge in [0, 0.05) is 11.4 Å². The molecular formula is C10H12ClF2N. The molecule has 0 radical (unpaired) electrons. The molecule has 1 atom stereocenters. The van der Waals surface area contributed by atoms with Crippen LogP contribution in [0.25, 0.3) is 0 Å². The highest BCUT2D eigenvalue weighted by Crippen LogP contribution is 2.24. The molecule has 4 heteroatoms. The first kappa shape index (κ1) is 11.4. The van der Waals surface area contributed by atoms with E-state index in [0.717, 1.165) is 0 Å². The van der Waals surface area contributed by atoms with Crippen molar-refractivity contribution in [3.63, 3.8) is 0 Å². The maximum absolute atomic E-state index is 13.2. The van der Waals surface area contributed by atoms with Crippen LogP contribution >= 0.6 is 11.6 Å². The van der Waals surface area contributed by atoms with E-state index in [2.05, 4.69) is 0 Å². The summed E-state index contributed by atoms with van der Waals surface area (Å²) >= 11 is 5.68. The van der Waals surface area contributed by atoms with Gasteiger partial charge in [-0.05, 0) is 24.6 Å². The zero-order valence-electron chi connectivity index (χ0n) is 7.81. The highest BCUT2D eigenvalue weighted by Gasteiger charge is 2.33. The fraction of sp³-hybridized carbons (Fsp3) is 0.400. The summed E-state index contributed by atoms with van der Waals surface area (Å²) in [4.78, 5) is 0. The van der Waals surface area contributed by atoms with Gasteiger partial charge < -0.3 is 5.73 Å². The van der Waals surface area contributed by atoms with Gasteiger partial charge >= 0.3 is 0 Å². The Labute approximate surface area is 86.9 Å². The molecule has 0 fully saturated rings. The van der Waals surface area contributed by atoms with Crippen molar-refractivity contribution < 1.29 is 8.78 Å². The summed E-state index contributed by atoms with van der Waals surface area (Å²) < 4.78 is 26.4. The van der Waals surface area contributed by atoms with Crippen LogP contribution in [0.1, 0.15) is 12.5 Å². The van der Waals surface area contributed by atoms with Crippen LogP contribution in [0.4, 0.5) is 8.78 Å². The van der Waals surface area contributed by atoms with E-state index in [0.29, 0.717) is 10.6 Å². The number of halogens is 3. The van der Waals surface area contributed by atoms with Gasteiger partial charge in [0.05, 0.1) is 6.04 Å². The van der Waals surface area contributed by atoms with Crippen molar-refractivity contribution in [2.75, 3.05) is 0 Å². The van der Waals surface area contributed by atoms with Crippen molar-refractivity contribution in [2.45, 2.75) is 25.3 Å². The molecule has 0 aliphatic carbocycles. The van der Waals surface area contributed by atoms with Gasteiger partial charge in [0.1, 0.15) is 0 Å². The lowest BCUT2D eigenvalue weighted by atomic mass is 10.0. The molecule has 0 aliphatic heterocycles. The van der Waals surface area contributed by atoms with Crippen molar-refractivity contribution in [1.29, 1.82) is 0 Å². The SMILES string of the molecule is CC(N)C(F)(F)Cc1cccc(Cl)c1. The molecule has 78 valence electrons. The molecule has 2 N–H and O–H groups in total. The van der Waals surface area contributed by atoms with E-state index in [1.165, 1.54) is 13.0 Å². The van der Waals surface area contributed by atoms with Crippen LogP contribution in [0.3, 0.4) is 0 Å². The quantitative estimate of drug-likeness (QED) is 0.831. The predicted octanol–water partition coefficient (Wildman–Crippen LogP) is 2.87. The molecule has 14 heavy (non-hydrogen) atoms. The molecule has 0 heterocycles. The van der Waals surface area contributed by atoms with Gasteiger partial charge in [-0.1, -0.05) is 23.7 Å². The summed E-state index contributed by atoms with van der Waals surface area (Å²) in [6, 6.07) is 5.28. The first-order chi connectivity index (χ1) is 6.42. The molecule has 1 aromatic carbocycles. The van der Waals surface area contributed by atoms with E-state index in [1.807, 2.05) is 0 Å². The number of nitrogens with two attached hydrogens (primary N) is 1. The maximum Gasteiger partial charge on any atom is 0.266 e. The van der Waals surface area contributed by atoms with E-state index in [9.17, 15) is 8.78 Å². The Morgan fingerprint density at radius 1 is 1.50 bits per heavy atom. The summed E-state index contributed by atoms with van der Waals surface area (Å²) in [6.45, 7) is 1.30. The average Bonchev–Trinajstić information content (AvgIpc) is 2.02. The lowest BCUT2D eigenvalue weighted by molar-refractivity contribution is -0.0190. The molecule has 1 rings (SSSR count). The Balaban J connectivity index is 2.78. The van der Waals surface area contributed by atoms with Gasteiger partial charge in [0.2, 0.25) is 0 Å². The van der Waals surface area contributed by atoms with Gasteiger partial charge in [0.15, 0.2) is 0 Å². The lowest BCUT2D eigenvalue weighted by Gasteiger charge is -2.20. The third-order valence-corrected chi connectivity index (χ3v) is 2.23. The van der Waals surface area contributed by atoms with E-state index < -0.39 is 12.0 Å². The smallest absolute Gasteiger partial charge is 0.266 e. The lowest BCUT2D eigenvalue weighted by Crippen LogP contribution is -2.40. The third kappa shape index (κ3) is 2.93. The van der Waals surface area contributed by atoms with Gasteiger partial charge in [-0.25, -0.2) is 8.78 Å². The Kier molecular flexibility index (Phi) is 3.45. The Morgan fingerprint density at radius 3 is 2.64 bits per heavy atom. The molecule has 0 spiro atoms. The van der Waals surface area contributed by atoms with Crippen LogP contribution in [0.2, 0.25) is 5.02 Å². The molecule has 0 saturated heterocycles. The number of benzene rings is 1. The van der Waals surface area contributed by atoms with Gasteiger partial charge in [-0.3, -0.25) is 0 Å². The number of hydrogen-bond donors (Lipinski definition) is 1. The van der Waals surface area contributed by atoms with Gasteiger partial charge in [0.25, 0.3) is 5.92 Å². The van der Waals surface area contributed by atoms with Crippen molar-refractivity contribution in [3.8, 4) is 0 Å². The van der Waals surface area contributed by atoms with Crippen LogP contribution in [-0.2, 0) is 6.42 Å². The van der Waals surface area contributed by atoms with E-state index in [4.69, 9.17) is 17.3 Å². The fourth-order valence-electron chi connectivity index (χ4n) is 1.08. The largest absolute Gasteiger partial charge is 0.323 e. The molecule has 1 aromatic rings. The first-order valence-corrected chi connectivity index (χ1v) is 4.67. The standard InChI is InChI=1S/C10H12ClF2N/c1-7(14)10(12,13)6-8-3-2-4-9(11)5-8/h2-5,7H,6,14H2,1H3. The summed E-state index contributed by atoms with van der Waals surface area (Å²) in [7, 11) is 0. The van der Waals surface area contributed by atoms with Crippen molar-refractivity contribution in [3.05, 3.63) is 34.9 Å². The molecule has 0 amide bonds. The minimum Gasteiger partial charge on any atom is -0.323 e. The molecular weight excluding hydrogens is 208 g/mol. The van der Waals surface area contributed by atoms with Gasteiger partial charge in [-0.2, -0.15) is 0 Å². The zero-order valence-corrected chi connectivity index (χ0v) is 8.56. The summed E-state index contributed by atoms with van der Waals surface area (Å²) in [5, 5.41) is 0.461. The summed E-state index contributed by atoms with van der Waals surface area (Å²) in [6.07, 6.45) is -0.370. The normalized spacial score (nSPS) is 14.1. The molecule has 1 unspecified atom stereocenters. The van der Waals surface area contributed by atoms with Crippen LogP contribution in [0.5, 0.6) is 0 Å². The van der Waals surface area contributed by atoms with Gasteiger partial charge in [-0.15, -0.1) is 0 Å². The second kappa shape index (κ2) is 4.24. The zero-order chi connectivity index (χ0) is 10.8. The monoisotopic (exact) mass is 219 g/mol. The highest BCUT2D eigenvalue weighted by atomic mass is 35.5. The van der Waals surface area contributed by atoms with E-state index in [-0.39, 0.29) is 6.42 Å². The number of alkyl halides is 2. The van der Waals surface area contributed by atoms with Crippen molar-refractivity contribution >= 4 is 11.6 Å². The minimum atomic E-state index is -2.88. The molecule has 0 saturated carbocycles. The third-order valence-electron chi connectivity index (χ3n) is 2.00. The van der Waals surface area contributed by atoms with Crippen LogP contribution in [0.15, 0.2) is 24.3 Å². The van der Waals surface area contributed by atoms with Crippen LogP contribution < -0.4 is 5.73 Å². The van der Waals surface area contributed by atoms with Crippen LogP contribution in [0, 0.1) is 0 Å². The molecule has 0 aromatic heterocycles. The minimum absolute atomic E-state index is 0.370. The Bertz CT molecular complexity index is 313. The van der Waals surface area contributed by atoms with E-state index in [1.54, 1.807) is 18.2 Å². The number of hydrogen-bond acceptors (Lipinski definition) is 1. The average molecular weight is 220 g/mol.